The molecule has 2 amide bonds. The van der Waals surface area contributed by atoms with E-state index in [9.17, 15) is 24.1 Å². The number of likely N-dealkylation sites (N-methyl/N-ethyl adjacent to an activating group) is 1. The number of anilines is 1. The molecule has 0 aliphatic carbocycles. The van der Waals surface area contributed by atoms with E-state index in [4.69, 9.17) is 9.47 Å². The second-order valence-corrected chi connectivity index (χ2v) is 6.38. The molecule has 0 spiro atoms. The zero-order chi connectivity index (χ0) is 21.1. The van der Waals surface area contributed by atoms with Crippen LogP contribution in [0.25, 0.3) is 0 Å². The smallest absolute Gasteiger partial charge is 0.272 e. The minimum absolute atomic E-state index is 0.108. The van der Waals surface area contributed by atoms with Crippen molar-refractivity contribution >= 4 is 23.2 Å². The van der Waals surface area contributed by atoms with Gasteiger partial charge in [0.25, 0.3) is 5.69 Å². The molecule has 1 N–H and O–H groups in total. The predicted octanol–water partition coefficient (Wildman–Crippen LogP) is 3.09. The molecule has 1 aliphatic rings. The molecule has 152 valence electrons. The first-order valence-electron chi connectivity index (χ1n) is 8.66. The molecule has 29 heavy (non-hydrogen) atoms. The average Bonchev–Trinajstić information content (AvgIpc) is 3.02. The molecular formula is C19H18FN3O6. The minimum atomic E-state index is -0.897. The Labute approximate surface area is 165 Å². The lowest BCUT2D eigenvalue weighted by Gasteiger charge is -2.20. The number of rotatable bonds is 6. The fraction of sp³-hybridized carbons (Fsp3) is 0.263. The van der Waals surface area contributed by atoms with E-state index >= 15 is 0 Å². The summed E-state index contributed by atoms with van der Waals surface area (Å²) >= 11 is 0. The molecule has 0 radical (unpaired) electrons. The van der Waals surface area contributed by atoms with Crippen molar-refractivity contribution in [1.29, 1.82) is 0 Å². The average molecular weight is 403 g/mol. The van der Waals surface area contributed by atoms with Crippen LogP contribution in [0.5, 0.6) is 17.2 Å². The molecule has 10 heteroatoms. The molecule has 0 aromatic heterocycles. The van der Waals surface area contributed by atoms with Crippen LogP contribution in [-0.4, -0.2) is 41.8 Å². The van der Waals surface area contributed by atoms with Crippen molar-refractivity contribution in [2.75, 3.05) is 19.5 Å². The fourth-order valence-corrected chi connectivity index (χ4v) is 2.99. The van der Waals surface area contributed by atoms with Gasteiger partial charge in [-0.25, -0.2) is 4.39 Å². The van der Waals surface area contributed by atoms with Gasteiger partial charge in [-0.3, -0.25) is 19.7 Å². The van der Waals surface area contributed by atoms with Crippen molar-refractivity contribution in [2.45, 2.75) is 18.9 Å². The number of carbonyl (C=O) groups excluding carboxylic acids is 2. The normalized spacial score (nSPS) is 15.9. The Morgan fingerprint density at radius 2 is 2.00 bits per heavy atom. The number of benzene rings is 2. The van der Waals surface area contributed by atoms with Gasteiger partial charge in [0.2, 0.25) is 11.8 Å². The van der Waals surface area contributed by atoms with Gasteiger partial charge in [-0.05, 0) is 24.6 Å². The van der Waals surface area contributed by atoms with E-state index in [-0.39, 0.29) is 29.0 Å². The molecular weight excluding hydrogens is 385 g/mol. The van der Waals surface area contributed by atoms with Crippen molar-refractivity contribution < 1.29 is 28.4 Å². The number of nitrogens with one attached hydrogen (secondary N) is 1. The molecule has 2 aromatic rings. The first-order chi connectivity index (χ1) is 13.8. The maximum atomic E-state index is 14.1. The summed E-state index contributed by atoms with van der Waals surface area (Å²) < 4.78 is 24.8. The zero-order valence-corrected chi connectivity index (χ0v) is 15.7. The molecule has 0 bridgehead atoms. The zero-order valence-electron chi connectivity index (χ0n) is 15.7. The number of amides is 2. The summed E-state index contributed by atoms with van der Waals surface area (Å²) in [6.45, 7) is 0. The van der Waals surface area contributed by atoms with Gasteiger partial charge in [-0.15, -0.1) is 0 Å². The molecule has 9 nitrogen and oxygen atoms in total. The SMILES string of the molecule is COc1ccc(Oc2ccc([N+](=O)[O-])cc2F)cc1NC(=O)C1CCC(=O)N1C. The number of halogens is 1. The second kappa shape index (κ2) is 8.13. The van der Waals surface area contributed by atoms with Gasteiger partial charge in [-0.2, -0.15) is 0 Å². The van der Waals surface area contributed by atoms with E-state index in [0.29, 0.717) is 18.6 Å². The van der Waals surface area contributed by atoms with Crippen LogP contribution in [0.1, 0.15) is 12.8 Å². The van der Waals surface area contributed by atoms with Gasteiger partial charge in [0.15, 0.2) is 11.6 Å². The number of ether oxygens (including phenoxy) is 2. The van der Waals surface area contributed by atoms with Gasteiger partial charge in [-0.1, -0.05) is 0 Å². The maximum Gasteiger partial charge on any atom is 0.272 e. The third kappa shape index (κ3) is 4.26. The van der Waals surface area contributed by atoms with Crippen molar-refractivity contribution in [2.24, 2.45) is 0 Å². The topological polar surface area (TPSA) is 111 Å². The summed E-state index contributed by atoms with van der Waals surface area (Å²) in [4.78, 5) is 35.6. The first kappa shape index (κ1) is 20.1. The summed E-state index contributed by atoms with van der Waals surface area (Å²) in [6, 6.07) is 6.90. The summed E-state index contributed by atoms with van der Waals surface area (Å²) in [7, 11) is 2.99. The van der Waals surface area contributed by atoms with E-state index in [1.807, 2.05) is 0 Å². The predicted molar refractivity (Wildman–Crippen MR) is 101 cm³/mol. The van der Waals surface area contributed by atoms with Crippen molar-refractivity contribution in [3.63, 3.8) is 0 Å². The lowest BCUT2D eigenvalue weighted by Crippen LogP contribution is -2.38. The molecule has 1 fully saturated rings. The summed E-state index contributed by atoms with van der Waals surface area (Å²) in [6.07, 6.45) is 0.710. The highest BCUT2D eigenvalue weighted by molar-refractivity contribution is 5.99. The Kier molecular flexibility index (Phi) is 5.62. The molecule has 0 saturated carbocycles. The monoisotopic (exact) mass is 403 g/mol. The Hall–Kier alpha value is -3.69. The van der Waals surface area contributed by atoms with Crippen LogP contribution in [0.15, 0.2) is 36.4 Å². The quantitative estimate of drug-likeness (QED) is 0.586. The number of hydrogen-bond acceptors (Lipinski definition) is 6. The van der Waals surface area contributed by atoms with Gasteiger partial charge in [0.05, 0.1) is 23.8 Å². The number of nitro benzene ring substituents is 1. The van der Waals surface area contributed by atoms with E-state index in [1.165, 1.54) is 30.2 Å². The van der Waals surface area contributed by atoms with E-state index < -0.39 is 22.5 Å². The van der Waals surface area contributed by atoms with E-state index in [0.717, 1.165) is 18.2 Å². The van der Waals surface area contributed by atoms with Gasteiger partial charge in [0.1, 0.15) is 17.5 Å². The Morgan fingerprint density at radius 1 is 1.28 bits per heavy atom. The first-order valence-corrected chi connectivity index (χ1v) is 8.66. The fourth-order valence-electron chi connectivity index (χ4n) is 2.99. The number of non-ortho nitro benzene ring substituents is 1. The van der Waals surface area contributed by atoms with Crippen LogP contribution < -0.4 is 14.8 Å². The van der Waals surface area contributed by atoms with Gasteiger partial charge >= 0.3 is 0 Å². The highest BCUT2D eigenvalue weighted by Gasteiger charge is 2.33. The lowest BCUT2D eigenvalue weighted by molar-refractivity contribution is -0.385. The van der Waals surface area contributed by atoms with Crippen LogP contribution in [0.4, 0.5) is 15.8 Å². The highest BCUT2D eigenvalue weighted by Crippen LogP contribution is 2.34. The standard InChI is InChI=1S/C19H18FN3O6/c1-22-15(5-8-18(22)24)19(25)21-14-10-12(4-7-17(14)28-2)29-16-6-3-11(23(26)27)9-13(16)20/h3-4,6-7,9-10,15H,5,8H2,1-2H3,(H,21,25). The van der Waals surface area contributed by atoms with E-state index in [2.05, 4.69) is 5.32 Å². The number of hydrogen-bond donors (Lipinski definition) is 1. The van der Waals surface area contributed by atoms with Crippen molar-refractivity contribution in [1.82, 2.24) is 4.90 Å². The molecule has 1 unspecified atom stereocenters. The molecule has 2 aromatic carbocycles. The van der Waals surface area contributed by atoms with Crippen molar-refractivity contribution in [3.8, 4) is 17.2 Å². The van der Waals surface area contributed by atoms with Crippen LogP contribution in [0.2, 0.25) is 0 Å². The van der Waals surface area contributed by atoms with Crippen LogP contribution in [0.3, 0.4) is 0 Å². The molecule has 1 aliphatic heterocycles. The number of carbonyl (C=O) groups is 2. The van der Waals surface area contributed by atoms with E-state index in [1.54, 1.807) is 7.05 Å². The number of methoxy groups -OCH3 is 1. The summed E-state index contributed by atoms with van der Waals surface area (Å²) in [5.74, 6) is -1.06. The minimum Gasteiger partial charge on any atom is -0.495 e. The molecule has 1 saturated heterocycles. The Balaban J connectivity index is 1.81. The van der Waals surface area contributed by atoms with Crippen LogP contribution in [-0.2, 0) is 9.59 Å². The highest BCUT2D eigenvalue weighted by atomic mass is 19.1. The van der Waals surface area contributed by atoms with Crippen LogP contribution in [0, 0.1) is 15.9 Å². The third-order valence-corrected chi connectivity index (χ3v) is 4.58. The Bertz CT molecular complexity index is 980. The summed E-state index contributed by atoms with van der Waals surface area (Å²) in [5, 5.41) is 13.4. The number of nitrogens with zero attached hydrogens (tertiary/aromatic N) is 2. The van der Waals surface area contributed by atoms with Crippen LogP contribution >= 0.6 is 0 Å². The lowest BCUT2D eigenvalue weighted by atomic mass is 10.2. The Morgan fingerprint density at radius 3 is 2.59 bits per heavy atom. The molecule has 1 heterocycles. The molecule has 3 rings (SSSR count). The largest absolute Gasteiger partial charge is 0.495 e. The van der Waals surface area contributed by atoms with Gasteiger partial charge in [0, 0.05) is 25.6 Å². The third-order valence-electron chi connectivity index (χ3n) is 4.58. The van der Waals surface area contributed by atoms with Gasteiger partial charge < -0.3 is 19.7 Å². The number of nitro groups is 1. The van der Waals surface area contributed by atoms with Crippen molar-refractivity contribution in [3.05, 3.63) is 52.3 Å². The number of likely N-dealkylation sites (tertiary alicyclic amines) is 1. The molecule has 1 atom stereocenters. The summed E-state index contributed by atoms with van der Waals surface area (Å²) in [5.41, 5.74) is -0.113. The second-order valence-electron chi connectivity index (χ2n) is 6.38. The maximum absolute atomic E-state index is 14.1.